The topological polar surface area (TPSA) is 72.7 Å². The van der Waals surface area contributed by atoms with Crippen LogP contribution in [0.2, 0.25) is 0 Å². The van der Waals surface area contributed by atoms with Gasteiger partial charge in [0.1, 0.15) is 0 Å². The smallest absolute Gasteiger partial charge is 0.233 e. The second-order valence-corrected chi connectivity index (χ2v) is 8.10. The van der Waals surface area contributed by atoms with Crippen molar-refractivity contribution in [3.63, 3.8) is 0 Å². The number of carbonyl (C=O) groups excluding carboxylic acids is 1. The summed E-state index contributed by atoms with van der Waals surface area (Å²) in [5.41, 5.74) is 0.982. The number of pyridine rings is 1. The third-order valence-electron chi connectivity index (χ3n) is 4.91. The van der Waals surface area contributed by atoms with E-state index in [9.17, 15) is 4.79 Å². The van der Waals surface area contributed by atoms with Gasteiger partial charge in [-0.15, -0.1) is 10.2 Å². The largest absolute Gasteiger partial charge is 0.355 e. The molecule has 2 heterocycles. The highest BCUT2D eigenvalue weighted by Gasteiger charge is 2.21. The summed E-state index contributed by atoms with van der Waals surface area (Å²) in [7, 11) is 0. The number of nitrogens with zero attached hydrogens (tertiary/aromatic N) is 4. The minimum Gasteiger partial charge on any atom is -0.355 e. The zero-order chi connectivity index (χ0) is 18.4. The van der Waals surface area contributed by atoms with Crippen LogP contribution in [0.5, 0.6) is 0 Å². The van der Waals surface area contributed by atoms with Gasteiger partial charge >= 0.3 is 0 Å². The molecule has 3 rings (SSSR count). The molecular weight excluding hydrogens is 346 g/mol. The van der Waals surface area contributed by atoms with Crippen LogP contribution in [0.3, 0.4) is 0 Å². The van der Waals surface area contributed by atoms with Gasteiger partial charge in [0.15, 0.2) is 11.0 Å². The molecule has 0 aliphatic heterocycles. The van der Waals surface area contributed by atoms with Crippen LogP contribution in [0.4, 0.5) is 0 Å². The van der Waals surface area contributed by atoms with E-state index in [1.54, 1.807) is 12.4 Å². The molecular formula is C19H27N5OS. The van der Waals surface area contributed by atoms with E-state index < -0.39 is 0 Å². The van der Waals surface area contributed by atoms with Crippen molar-refractivity contribution in [2.24, 2.45) is 5.92 Å². The Morgan fingerprint density at radius 3 is 2.69 bits per heavy atom. The fraction of sp³-hybridized carbons (Fsp3) is 0.579. The molecule has 0 radical (unpaired) electrons. The van der Waals surface area contributed by atoms with Gasteiger partial charge in [-0.2, -0.15) is 0 Å². The van der Waals surface area contributed by atoms with Crippen molar-refractivity contribution in [3.8, 4) is 11.4 Å². The summed E-state index contributed by atoms with van der Waals surface area (Å²) in [5.74, 6) is 1.53. The van der Waals surface area contributed by atoms with Gasteiger partial charge in [0, 0.05) is 31.0 Å². The van der Waals surface area contributed by atoms with E-state index in [1.165, 1.54) is 43.9 Å². The van der Waals surface area contributed by atoms with Gasteiger partial charge in [-0.3, -0.25) is 9.78 Å². The standard InChI is InChI=1S/C19H27N5OS/c1-3-24-17(16-9-11-20-12-10-16)22-23-19(24)26-14(2)18(25)21-13-15-7-5-4-6-8-15/h9-12,14-15H,3-8,13H2,1-2H3,(H,21,25). The number of hydrogen-bond acceptors (Lipinski definition) is 5. The quantitative estimate of drug-likeness (QED) is 0.752. The highest BCUT2D eigenvalue weighted by Crippen LogP contribution is 2.27. The Morgan fingerprint density at radius 1 is 1.27 bits per heavy atom. The molecule has 1 unspecified atom stereocenters. The summed E-state index contributed by atoms with van der Waals surface area (Å²) in [6.45, 7) is 5.55. The SMILES string of the molecule is CCn1c(SC(C)C(=O)NCC2CCCCC2)nnc1-c1ccncc1. The van der Waals surface area contributed by atoms with Crippen molar-refractivity contribution >= 4 is 17.7 Å². The van der Waals surface area contributed by atoms with Crippen molar-refractivity contribution in [3.05, 3.63) is 24.5 Å². The van der Waals surface area contributed by atoms with E-state index in [2.05, 4.69) is 27.4 Å². The van der Waals surface area contributed by atoms with Crippen molar-refractivity contribution in [2.75, 3.05) is 6.54 Å². The molecule has 1 aliphatic rings. The summed E-state index contributed by atoms with van der Waals surface area (Å²) in [4.78, 5) is 16.5. The van der Waals surface area contributed by atoms with E-state index in [-0.39, 0.29) is 11.2 Å². The number of aromatic nitrogens is 4. The molecule has 0 bridgehead atoms. The summed E-state index contributed by atoms with van der Waals surface area (Å²) < 4.78 is 2.05. The van der Waals surface area contributed by atoms with Gasteiger partial charge in [0.25, 0.3) is 0 Å². The number of thioether (sulfide) groups is 1. The Labute approximate surface area is 159 Å². The first-order valence-electron chi connectivity index (χ1n) is 9.47. The van der Waals surface area contributed by atoms with Crippen LogP contribution >= 0.6 is 11.8 Å². The predicted octanol–water partition coefficient (Wildman–Crippen LogP) is 3.54. The maximum absolute atomic E-state index is 12.5. The molecule has 26 heavy (non-hydrogen) atoms. The summed E-state index contributed by atoms with van der Waals surface area (Å²) in [5, 5.41) is 12.3. The maximum atomic E-state index is 12.5. The van der Waals surface area contributed by atoms with Crippen LogP contribution in [0.15, 0.2) is 29.7 Å². The first-order chi connectivity index (χ1) is 12.7. The van der Waals surface area contributed by atoms with E-state index in [0.717, 1.165) is 29.6 Å². The molecule has 0 aromatic carbocycles. The van der Waals surface area contributed by atoms with Crippen LogP contribution in [0.25, 0.3) is 11.4 Å². The third-order valence-corrected chi connectivity index (χ3v) is 5.99. The lowest BCUT2D eigenvalue weighted by Gasteiger charge is -2.22. The minimum atomic E-state index is -0.196. The second kappa shape index (κ2) is 9.16. The average Bonchev–Trinajstić information content (AvgIpc) is 3.10. The van der Waals surface area contributed by atoms with Gasteiger partial charge in [-0.05, 0) is 44.7 Å². The number of amides is 1. The van der Waals surface area contributed by atoms with E-state index in [4.69, 9.17) is 0 Å². The van der Waals surface area contributed by atoms with Crippen LogP contribution in [0.1, 0.15) is 46.0 Å². The molecule has 1 N–H and O–H groups in total. The molecule has 6 nitrogen and oxygen atoms in total. The predicted molar refractivity (Wildman–Crippen MR) is 104 cm³/mol. The molecule has 0 spiro atoms. The second-order valence-electron chi connectivity index (χ2n) is 6.80. The molecule has 7 heteroatoms. The number of nitrogens with one attached hydrogen (secondary N) is 1. The van der Waals surface area contributed by atoms with E-state index in [1.807, 2.05) is 23.6 Å². The van der Waals surface area contributed by atoms with Crippen LogP contribution in [0, 0.1) is 5.92 Å². The zero-order valence-corrected chi connectivity index (χ0v) is 16.3. The summed E-state index contributed by atoms with van der Waals surface area (Å²) in [6, 6.07) is 3.84. The highest BCUT2D eigenvalue weighted by molar-refractivity contribution is 8.00. The van der Waals surface area contributed by atoms with Gasteiger partial charge in [-0.1, -0.05) is 31.0 Å². The maximum Gasteiger partial charge on any atom is 0.233 e. The number of carbonyl (C=O) groups is 1. The van der Waals surface area contributed by atoms with Crippen LogP contribution in [-0.4, -0.2) is 37.5 Å². The summed E-state index contributed by atoms with van der Waals surface area (Å²) in [6.07, 6.45) is 9.90. The van der Waals surface area contributed by atoms with Crippen molar-refractivity contribution < 1.29 is 4.79 Å². The third kappa shape index (κ3) is 4.63. The molecule has 140 valence electrons. The van der Waals surface area contributed by atoms with Gasteiger partial charge in [0.2, 0.25) is 5.91 Å². The molecule has 0 saturated heterocycles. The van der Waals surface area contributed by atoms with Crippen molar-refractivity contribution in [1.29, 1.82) is 0 Å². The lowest BCUT2D eigenvalue weighted by Crippen LogP contribution is -2.35. The molecule has 1 atom stereocenters. The molecule has 2 aromatic rings. The number of hydrogen-bond donors (Lipinski definition) is 1. The fourth-order valence-corrected chi connectivity index (χ4v) is 4.30. The first-order valence-corrected chi connectivity index (χ1v) is 10.3. The van der Waals surface area contributed by atoms with Crippen molar-refractivity contribution in [1.82, 2.24) is 25.1 Å². The monoisotopic (exact) mass is 373 g/mol. The molecule has 1 aliphatic carbocycles. The first kappa shape index (κ1) is 18.9. The summed E-state index contributed by atoms with van der Waals surface area (Å²) >= 11 is 1.47. The van der Waals surface area contributed by atoms with E-state index in [0.29, 0.717) is 5.92 Å². The Balaban J connectivity index is 1.60. The highest BCUT2D eigenvalue weighted by atomic mass is 32.2. The Morgan fingerprint density at radius 2 is 2.00 bits per heavy atom. The number of rotatable bonds is 7. The van der Waals surface area contributed by atoms with Gasteiger partial charge in [0.05, 0.1) is 5.25 Å². The Bertz CT molecular complexity index is 712. The zero-order valence-electron chi connectivity index (χ0n) is 15.5. The Hall–Kier alpha value is -1.89. The average molecular weight is 374 g/mol. The van der Waals surface area contributed by atoms with Gasteiger partial charge < -0.3 is 9.88 Å². The normalized spacial score (nSPS) is 16.4. The molecule has 1 amide bonds. The molecule has 2 aromatic heterocycles. The molecule has 1 saturated carbocycles. The van der Waals surface area contributed by atoms with Crippen molar-refractivity contribution in [2.45, 2.75) is 62.9 Å². The van der Waals surface area contributed by atoms with Gasteiger partial charge in [-0.25, -0.2) is 0 Å². The minimum absolute atomic E-state index is 0.0803. The lowest BCUT2D eigenvalue weighted by molar-refractivity contribution is -0.120. The van der Waals surface area contributed by atoms with E-state index >= 15 is 0 Å². The molecule has 1 fully saturated rings. The van der Waals surface area contributed by atoms with Crippen LogP contribution < -0.4 is 5.32 Å². The fourth-order valence-electron chi connectivity index (χ4n) is 3.37. The Kier molecular flexibility index (Phi) is 6.66. The van der Waals surface area contributed by atoms with Crippen LogP contribution in [-0.2, 0) is 11.3 Å². The lowest BCUT2D eigenvalue weighted by atomic mass is 9.89.